The molecule has 0 unspecified atom stereocenters. The van der Waals surface area contributed by atoms with E-state index in [1.807, 2.05) is 0 Å². The molecule has 0 saturated heterocycles. The van der Waals surface area contributed by atoms with Crippen molar-refractivity contribution in [2.75, 3.05) is 6.61 Å². The molecule has 1 N–H and O–H groups in total. The fourth-order valence-corrected chi connectivity index (χ4v) is 6.47. The number of rotatable bonds is 10. The van der Waals surface area contributed by atoms with Crippen LogP contribution in [0.1, 0.15) is 34.6 Å². The molecule has 1 aromatic rings. The van der Waals surface area contributed by atoms with E-state index in [0.717, 1.165) is 12.1 Å². The molecule has 0 aliphatic rings. The van der Waals surface area contributed by atoms with Crippen LogP contribution in [0.4, 0.5) is 13.2 Å². The molecule has 0 aliphatic carbocycles. The molecule has 1 aromatic carbocycles. The first kappa shape index (κ1) is 26.6. The number of benzene rings is 1. The molecule has 172 valence electrons. The van der Waals surface area contributed by atoms with E-state index in [9.17, 15) is 30.9 Å². The first-order valence-electron chi connectivity index (χ1n) is 8.93. The van der Waals surface area contributed by atoms with Gasteiger partial charge in [0.05, 0.1) is 23.7 Å². The summed E-state index contributed by atoms with van der Waals surface area (Å²) < 4.78 is 98.1. The zero-order valence-electron chi connectivity index (χ0n) is 17.1. The SMILES string of the molecule is CCOC(=O)[C@](NS(=O)(=O)c1ccccc1)(C(F)(F)F)P(=O)(OC(C)C)OC(C)C. The summed E-state index contributed by atoms with van der Waals surface area (Å²) in [6, 6.07) is 5.99. The summed E-state index contributed by atoms with van der Waals surface area (Å²) in [5.74, 6) is -2.15. The van der Waals surface area contributed by atoms with Gasteiger partial charge in [0.15, 0.2) is 0 Å². The lowest BCUT2D eigenvalue weighted by Gasteiger charge is -2.39. The molecule has 0 saturated carbocycles. The maximum absolute atomic E-state index is 14.4. The van der Waals surface area contributed by atoms with Crippen molar-refractivity contribution in [3.8, 4) is 0 Å². The first-order valence-corrected chi connectivity index (χ1v) is 12.0. The van der Waals surface area contributed by atoms with E-state index in [-0.39, 0.29) is 0 Å². The average molecular weight is 475 g/mol. The van der Waals surface area contributed by atoms with Crippen LogP contribution in [0.2, 0.25) is 0 Å². The van der Waals surface area contributed by atoms with Crippen LogP contribution >= 0.6 is 7.60 Å². The molecule has 1 atom stereocenters. The highest BCUT2D eigenvalue weighted by Crippen LogP contribution is 2.66. The highest BCUT2D eigenvalue weighted by molar-refractivity contribution is 7.90. The number of esters is 1. The van der Waals surface area contributed by atoms with Crippen LogP contribution in [0.3, 0.4) is 0 Å². The largest absolute Gasteiger partial charge is 0.464 e. The van der Waals surface area contributed by atoms with Gasteiger partial charge in [0.25, 0.3) is 0 Å². The van der Waals surface area contributed by atoms with Gasteiger partial charge in [-0.25, -0.2) is 13.2 Å². The Balaban J connectivity index is 3.89. The Morgan fingerprint density at radius 3 is 1.90 bits per heavy atom. The second kappa shape index (κ2) is 9.78. The molecule has 0 aromatic heterocycles. The molecule has 8 nitrogen and oxygen atoms in total. The third kappa shape index (κ3) is 5.61. The minimum atomic E-state index is -5.75. The van der Waals surface area contributed by atoms with Gasteiger partial charge in [0, 0.05) is 0 Å². The summed E-state index contributed by atoms with van der Waals surface area (Å²) in [4.78, 5) is 12.0. The summed E-state index contributed by atoms with van der Waals surface area (Å²) in [5.41, 5.74) is 0. The molecule has 0 spiro atoms. The van der Waals surface area contributed by atoms with Gasteiger partial charge in [-0.3, -0.25) is 4.57 Å². The molecule has 0 radical (unpaired) electrons. The van der Waals surface area contributed by atoms with Gasteiger partial charge in [-0.2, -0.15) is 17.9 Å². The number of sulfonamides is 1. The second-order valence-corrected chi connectivity index (χ2v) is 10.4. The quantitative estimate of drug-likeness (QED) is 0.405. The van der Waals surface area contributed by atoms with Gasteiger partial charge in [0.2, 0.25) is 10.0 Å². The van der Waals surface area contributed by atoms with Crippen molar-refractivity contribution in [3.05, 3.63) is 30.3 Å². The fraction of sp³-hybridized carbons (Fsp3) is 0.588. The molecule has 30 heavy (non-hydrogen) atoms. The topological polar surface area (TPSA) is 108 Å². The molecule has 1 rings (SSSR count). The predicted octanol–water partition coefficient (Wildman–Crippen LogP) is 3.83. The monoisotopic (exact) mass is 475 g/mol. The van der Waals surface area contributed by atoms with E-state index in [2.05, 4.69) is 4.74 Å². The van der Waals surface area contributed by atoms with E-state index in [1.54, 1.807) is 0 Å². The van der Waals surface area contributed by atoms with Crippen LogP contribution < -0.4 is 4.72 Å². The molecule has 0 heterocycles. The van der Waals surface area contributed by atoms with Crippen LogP contribution in [0, 0.1) is 0 Å². The van der Waals surface area contributed by atoms with Crippen LogP contribution in [0.15, 0.2) is 35.2 Å². The van der Waals surface area contributed by atoms with Gasteiger partial charge < -0.3 is 13.8 Å². The lowest BCUT2D eigenvalue weighted by Crippen LogP contribution is -2.64. The van der Waals surface area contributed by atoms with E-state index >= 15 is 0 Å². The van der Waals surface area contributed by atoms with Crippen molar-refractivity contribution in [2.24, 2.45) is 0 Å². The van der Waals surface area contributed by atoms with Crippen LogP contribution in [-0.2, 0) is 33.2 Å². The van der Waals surface area contributed by atoms with Gasteiger partial charge in [0.1, 0.15) is 0 Å². The average Bonchev–Trinajstić information content (AvgIpc) is 2.58. The van der Waals surface area contributed by atoms with Crippen molar-refractivity contribution in [3.63, 3.8) is 0 Å². The van der Waals surface area contributed by atoms with Gasteiger partial charge in [-0.15, -0.1) is 0 Å². The lowest BCUT2D eigenvalue weighted by atomic mass is 10.3. The summed E-state index contributed by atoms with van der Waals surface area (Å²) in [7, 11) is -10.6. The second-order valence-electron chi connectivity index (χ2n) is 6.65. The Hall–Kier alpha value is -1.46. The standard InChI is InChI=1S/C17H25F3NO7PS/c1-6-26-15(22)16(17(18,19)20,29(23,27-12(2)3)28-13(4)5)21-30(24,25)14-10-8-7-9-11-14/h7-13,21H,6H2,1-5H3/t16-/m1/s1. The number of hydrogen-bond acceptors (Lipinski definition) is 7. The summed E-state index contributed by atoms with van der Waals surface area (Å²) in [6.45, 7) is 5.70. The Bertz CT molecular complexity index is 861. The Morgan fingerprint density at radius 2 is 1.53 bits per heavy atom. The summed E-state index contributed by atoms with van der Waals surface area (Å²) >= 11 is 0. The van der Waals surface area contributed by atoms with Crippen LogP contribution in [0.25, 0.3) is 0 Å². The van der Waals surface area contributed by atoms with Crippen molar-refractivity contribution in [1.82, 2.24) is 4.72 Å². The minimum absolute atomic E-state index is 0.549. The molecule has 13 heteroatoms. The number of alkyl halides is 3. The van der Waals surface area contributed by atoms with Gasteiger partial charge in [-0.05, 0) is 46.8 Å². The van der Waals surface area contributed by atoms with Crippen molar-refractivity contribution < 1.29 is 44.7 Å². The van der Waals surface area contributed by atoms with E-state index < -0.39 is 58.8 Å². The zero-order valence-corrected chi connectivity index (χ0v) is 18.8. The smallest absolute Gasteiger partial charge is 0.430 e. The predicted molar refractivity (Wildman–Crippen MR) is 102 cm³/mol. The van der Waals surface area contributed by atoms with Gasteiger partial charge in [-0.1, -0.05) is 18.2 Å². The lowest BCUT2D eigenvalue weighted by molar-refractivity contribution is -0.195. The zero-order chi connectivity index (χ0) is 23.4. The third-order valence-electron chi connectivity index (χ3n) is 3.43. The van der Waals surface area contributed by atoms with Gasteiger partial charge >= 0.3 is 25.0 Å². The minimum Gasteiger partial charge on any atom is -0.464 e. The maximum Gasteiger partial charge on any atom is 0.430 e. The normalized spacial score (nSPS) is 15.3. The molecular formula is C17H25F3NO7PS. The number of halogens is 3. The number of nitrogens with one attached hydrogen (secondary N) is 1. The maximum atomic E-state index is 14.4. The first-order chi connectivity index (χ1) is 13.6. The molecule has 0 aliphatic heterocycles. The Morgan fingerprint density at radius 1 is 1.07 bits per heavy atom. The van der Waals surface area contributed by atoms with E-state index in [4.69, 9.17) is 9.05 Å². The van der Waals surface area contributed by atoms with Crippen molar-refractivity contribution >= 4 is 23.6 Å². The van der Waals surface area contributed by atoms with Crippen molar-refractivity contribution in [2.45, 2.75) is 63.2 Å². The highest BCUT2D eigenvalue weighted by atomic mass is 32.2. The summed E-state index contributed by atoms with van der Waals surface area (Å²) in [6.07, 6.45) is -7.99. The molecule has 0 bridgehead atoms. The molecule has 0 fully saturated rings. The van der Waals surface area contributed by atoms with Crippen molar-refractivity contribution in [1.29, 1.82) is 0 Å². The number of carbonyl (C=O) groups excluding carboxylic acids is 1. The Kier molecular flexibility index (Phi) is 8.66. The molecule has 0 amide bonds. The highest BCUT2D eigenvalue weighted by Gasteiger charge is 2.76. The summed E-state index contributed by atoms with van der Waals surface area (Å²) in [5, 5.41) is -4.33. The van der Waals surface area contributed by atoms with E-state index in [0.29, 0.717) is 0 Å². The number of carbonyl (C=O) groups is 1. The van der Waals surface area contributed by atoms with E-state index in [1.165, 1.54) is 57.5 Å². The number of ether oxygens (including phenoxy) is 1. The molecular weight excluding hydrogens is 450 g/mol. The fourth-order valence-electron chi connectivity index (χ4n) is 2.36. The number of hydrogen-bond donors (Lipinski definition) is 1. The Labute approximate surface area is 173 Å². The van der Waals surface area contributed by atoms with Crippen LogP contribution in [0.5, 0.6) is 0 Å². The van der Waals surface area contributed by atoms with Crippen LogP contribution in [-0.4, -0.2) is 44.7 Å². The third-order valence-corrected chi connectivity index (χ3v) is 7.81.